The number of nitrogens with one attached hydrogen (secondary N) is 1. The fourth-order valence-corrected chi connectivity index (χ4v) is 7.23. The maximum atomic E-state index is 14.2. The molecule has 2 aromatic carbocycles. The average molecular weight is 587 g/mol. The van der Waals surface area contributed by atoms with Crippen LogP contribution in [0, 0.1) is 11.8 Å². The molecule has 1 spiro atoms. The van der Waals surface area contributed by atoms with Gasteiger partial charge in [-0.1, -0.05) is 46.3 Å². The topological polar surface area (TPSA) is 114 Å². The van der Waals surface area contributed by atoms with Crippen molar-refractivity contribution in [3.05, 3.63) is 60.2 Å². The number of rotatable bonds is 9. The molecule has 0 aliphatic carbocycles. The molecule has 3 saturated heterocycles. The number of carbonyl (C=O) groups excluding carboxylic acids is 3. The Balaban J connectivity index is 1.54. The number of aliphatic hydroxyl groups excluding tert-OH is 1. The maximum absolute atomic E-state index is 14.2. The lowest BCUT2D eigenvalue weighted by molar-refractivity contribution is -0.155. The normalized spacial score (nSPS) is 30.2. The number of amides is 2. The van der Waals surface area contributed by atoms with Gasteiger partial charge in [0, 0.05) is 10.5 Å². The van der Waals surface area contributed by atoms with E-state index in [1.165, 1.54) is 4.90 Å². The second-order valence-corrected chi connectivity index (χ2v) is 11.1. The molecular formula is C28H31BrN2O7. The number of alkyl halides is 1. The Hall–Kier alpha value is -2.95. The molecule has 2 N–H and O–H groups in total. The first kappa shape index (κ1) is 26.6. The third-order valence-electron chi connectivity index (χ3n) is 7.81. The van der Waals surface area contributed by atoms with Gasteiger partial charge in [0.25, 0.3) is 0 Å². The van der Waals surface area contributed by atoms with Crippen LogP contribution < -0.4 is 10.1 Å². The zero-order valence-corrected chi connectivity index (χ0v) is 22.8. The number of aliphatic hydroxyl groups is 1. The molecule has 7 atom stereocenters. The van der Waals surface area contributed by atoms with Crippen molar-refractivity contribution in [1.82, 2.24) is 4.90 Å². The maximum Gasteiger partial charge on any atom is 0.312 e. The summed E-state index contributed by atoms with van der Waals surface area (Å²) in [6.07, 6.45) is 0.108. The second-order valence-electron chi connectivity index (χ2n) is 9.90. The highest BCUT2D eigenvalue weighted by Gasteiger charge is 2.77. The van der Waals surface area contributed by atoms with E-state index >= 15 is 0 Å². The lowest BCUT2D eigenvalue weighted by atomic mass is 9.70. The van der Waals surface area contributed by atoms with Gasteiger partial charge in [0.1, 0.15) is 17.4 Å². The van der Waals surface area contributed by atoms with E-state index in [1.807, 2.05) is 30.3 Å². The van der Waals surface area contributed by atoms with Gasteiger partial charge in [0.15, 0.2) is 0 Å². The predicted molar refractivity (Wildman–Crippen MR) is 142 cm³/mol. The Morgan fingerprint density at radius 1 is 1.21 bits per heavy atom. The number of hydrogen-bond acceptors (Lipinski definition) is 7. The van der Waals surface area contributed by atoms with Crippen molar-refractivity contribution in [3.63, 3.8) is 0 Å². The fourth-order valence-electron chi connectivity index (χ4n) is 6.29. The van der Waals surface area contributed by atoms with Gasteiger partial charge in [0.2, 0.25) is 11.8 Å². The van der Waals surface area contributed by atoms with Crippen LogP contribution in [-0.2, 0) is 30.3 Å². The van der Waals surface area contributed by atoms with E-state index in [1.54, 1.807) is 38.3 Å². The van der Waals surface area contributed by atoms with Crippen LogP contribution in [0.15, 0.2) is 54.6 Å². The van der Waals surface area contributed by atoms with Gasteiger partial charge in [0.05, 0.1) is 44.3 Å². The van der Waals surface area contributed by atoms with Crippen LogP contribution in [0.4, 0.5) is 5.69 Å². The van der Waals surface area contributed by atoms with E-state index in [-0.39, 0.29) is 23.9 Å². The van der Waals surface area contributed by atoms with E-state index in [0.29, 0.717) is 24.3 Å². The Kier molecular flexibility index (Phi) is 7.48. The minimum Gasteiger partial charge on any atom is -0.497 e. The summed E-state index contributed by atoms with van der Waals surface area (Å²) in [5, 5.41) is 13.4. The Morgan fingerprint density at radius 3 is 2.55 bits per heavy atom. The van der Waals surface area contributed by atoms with E-state index in [0.717, 1.165) is 5.56 Å². The SMILES string of the molecule is CCOC(=O)[C@@H]1[C@H]2O[C@@]3(CC2Br)[C@H](C(=O)Nc2ccc(OC)cc2)N([C@@H](CO)Cc2ccccc2)C(=O)[C@@H]13. The van der Waals surface area contributed by atoms with Gasteiger partial charge >= 0.3 is 5.97 Å². The van der Waals surface area contributed by atoms with Crippen LogP contribution in [0.3, 0.4) is 0 Å². The van der Waals surface area contributed by atoms with Crippen LogP contribution in [0.1, 0.15) is 18.9 Å². The molecule has 3 aliphatic heterocycles. The summed E-state index contributed by atoms with van der Waals surface area (Å²) < 4.78 is 17.0. The molecule has 2 aromatic rings. The van der Waals surface area contributed by atoms with Gasteiger partial charge in [-0.25, -0.2) is 0 Å². The molecule has 3 aliphatic rings. The summed E-state index contributed by atoms with van der Waals surface area (Å²) in [5.74, 6) is -2.44. The molecule has 10 heteroatoms. The predicted octanol–water partition coefficient (Wildman–Crippen LogP) is 2.55. The molecule has 2 bridgehead atoms. The van der Waals surface area contributed by atoms with Crippen molar-refractivity contribution < 1.29 is 33.7 Å². The van der Waals surface area contributed by atoms with E-state index in [9.17, 15) is 19.5 Å². The molecule has 2 amide bonds. The van der Waals surface area contributed by atoms with Crippen molar-refractivity contribution in [2.24, 2.45) is 11.8 Å². The van der Waals surface area contributed by atoms with Crippen molar-refractivity contribution in [2.45, 2.75) is 48.4 Å². The van der Waals surface area contributed by atoms with Gasteiger partial charge in [-0.15, -0.1) is 0 Å². The average Bonchev–Trinajstić information content (AvgIpc) is 3.51. The molecule has 3 heterocycles. The van der Waals surface area contributed by atoms with Gasteiger partial charge in [-0.3, -0.25) is 14.4 Å². The number of benzene rings is 2. The summed E-state index contributed by atoms with van der Waals surface area (Å²) in [4.78, 5) is 42.4. The van der Waals surface area contributed by atoms with E-state index in [4.69, 9.17) is 14.2 Å². The number of methoxy groups -OCH3 is 1. The van der Waals surface area contributed by atoms with Crippen molar-refractivity contribution in [1.29, 1.82) is 0 Å². The summed E-state index contributed by atoms with van der Waals surface area (Å²) >= 11 is 3.64. The van der Waals surface area contributed by atoms with Crippen LogP contribution in [-0.4, -0.2) is 76.7 Å². The second kappa shape index (κ2) is 10.7. The first-order chi connectivity index (χ1) is 18.3. The highest BCUT2D eigenvalue weighted by molar-refractivity contribution is 9.09. The van der Waals surface area contributed by atoms with E-state index < -0.39 is 47.5 Å². The van der Waals surface area contributed by atoms with Crippen LogP contribution in [0.2, 0.25) is 0 Å². The van der Waals surface area contributed by atoms with Crippen LogP contribution >= 0.6 is 15.9 Å². The number of halogens is 1. The number of ether oxygens (including phenoxy) is 3. The standard InChI is InChI=1S/C28H31BrN2O7/c1-3-37-27(35)21-22-26(34)31(18(15-32)13-16-7-5-4-6-8-16)24(28(22)14-20(29)23(21)38-28)25(33)30-17-9-11-19(36-2)12-10-17/h4-12,18,20-24,32H,3,13-15H2,1-2H3,(H,30,33)/t18-,20?,21+,22-,23+,24+,28-/m1/s1. The molecule has 0 radical (unpaired) electrons. The summed E-state index contributed by atoms with van der Waals surface area (Å²) in [5.41, 5.74) is 0.193. The van der Waals surface area contributed by atoms with Crippen molar-refractivity contribution >= 4 is 39.4 Å². The molecule has 0 aromatic heterocycles. The number of fused-ring (bicyclic) bond motifs is 1. The molecule has 9 nitrogen and oxygen atoms in total. The van der Waals surface area contributed by atoms with Crippen molar-refractivity contribution in [2.75, 3.05) is 25.6 Å². The molecule has 38 heavy (non-hydrogen) atoms. The first-order valence-electron chi connectivity index (χ1n) is 12.7. The number of hydrogen-bond donors (Lipinski definition) is 2. The fraction of sp³-hybridized carbons (Fsp3) is 0.464. The third kappa shape index (κ3) is 4.38. The number of carbonyl (C=O) groups is 3. The van der Waals surface area contributed by atoms with Gasteiger partial charge < -0.3 is 29.5 Å². The van der Waals surface area contributed by atoms with Crippen LogP contribution in [0.5, 0.6) is 5.75 Å². The van der Waals surface area contributed by atoms with Gasteiger partial charge in [-0.05, 0) is 49.6 Å². The molecule has 5 rings (SSSR count). The molecular weight excluding hydrogens is 556 g/mol. The van der Waals surface area contributed by atoms with Crippen molar-refractivity contribution in [3.8, 4) is 5.75 Å². The Bertz CT molecular complexity index is 1190. The number of likely N-dealkylation sites (tertiary alicyclic amines) is 1. The minimum atomic E-state index is -1.24. The molecule has 1 unspecified atom stereocenters. The summed E-state index contributed by atoms with van der Waals surface area (Å²) in [7, 11) is 1.56. The lowest BCUT2D eigenvalue weighted by Gasteiger charge is -2.37. The Morgan fingerprint density at radius 2 is 1.92 bits per heavy atom. The number of nitrogens with zero attached hydrogens (tertiary/aromatic N) is 1. The monoisotopic (exact) mass is 586 g/mol. The first-order valence-corrected chi connectivity index (χ1v) is 13.7. The smallest absolute Gasteiger partial charge is 0.312 e. The summed E-state index contributed by atoms with van der Waals surface area (Å²) in [6.45, 7) is 1.52. The molecule has 202 valence electrons. The zero-order valence-electron chi connectivity index (χ0n) is 21.2. The minimum absolute atomic E-state index is 0.168. The molecule has 3 fully saturated rings. The highest BCUT2D eigenvalue weighted by Crippen LogP contribution is 2.60. The highest BCUT2D eigenvalue weighted by atomic mass is 79.9. The lowest BCUT2D eigenvalue weighted by Crippen LogP contribution is -2.57. The quantitative estimate of drug-likeness (QED) is 0.343. The number of anilines is 1. The van der Waals surface area contributed by atoms with E-state index in [2.05, 4.69) is 21.2 Å². The zero-order chi connectivity index (χ0) is 27.0. The largest absolute Gasteiger partial charge is 0.497 e. The Labute approximate surface area is 229 Å². The summed E-state index contributed by atoms with van der Waals surface area (Å²) in [6, 6.07) is 14.6. The number of esters is 1. The third-order valence-corrected chi connectivity index (χ3v) is 8.65. The molecule has 0 saturated carbocycles. The van der Waals surface area contributed by atoms with Crippen LogP contribution in [0.25, 0.3) is 0 Å². The van der Waals surface area contributed by atoms with Gasteiger partial charge in [-0.2, -0.15) is 0 Å².